The quantitative estimate of drug-likeness (QED) is 0.607. The maximum atomic E-state index is 12.0. The molecule has 6 nitrogen and oxygen atoms in total. The molecule has 2 N–H and O–H groups in total. The van der Waals surface area contributed by atoms with E-state index in [9.17, 15) is 9.90 Å². The first kappa shape index (κ1) is 14.2. The van der Waals surface area contributed by atoms with E-state index in [2.05, 4.69) is 11.9 Å². The number of hydrogen-bond donors (Lipinski definition) is 2. The van der Waals surface area contributed by atoms with Crippen molar-refractivity contribution < 1.29 is 24.1 Å². The van der Waals surface area contributed by atoms with Gasteiger partial charge in [0.2, 0.25) is 6.79 Å². The summed E-state index contributed by atoms with van der Waals surface area (Å²) in [5.74, 6) is 0.428. The van der Waals surface area contributed by atoms with Crippen LogP contribution >= 0.6 is 0 Å². The second kappa shape index (κ2) is 6.29. The predicted octanol–water partition coefficient (Wildman–Crippen LogP) is 1.50. The number of aromatic hydroxyl groups is 1. The molecule has 0 bridgehead atoms. The summed E-state index contributed by atoms with van der Waals surface area (Å²) in [6, 6.07) is 2.22. The van der Waals surface area contributed by atoms with E-state index in [1.807, 2.05) is 0 Å². The van der Waals surface area contributed by atoms with Gasteiger partial charge in [-0.05, 0) is 13.0 Å². The van der Waals surface area contributed by atoms with Crippen molar-refractivity contribution >= 4 is 5.97 Å². The number of ether oxygens (including phenoxy) is 3. The van der Waals surface area contributed by atoms with Crippen LogP contribution in [0.2, 0.25) is 0 Å². The van der Waals surface area contributed by atoms with E-state index in [0.29, 0.717) is 23.6 Å². The van der Waals surface area contributed by atoms with Gasteiger partial charge in [0, 0.05) is 18.2 Å². The Kier molecular flexibility index (Phi) is 4.47. The number of carbonyl (C=O) groups is 1. The van der Waals surface area contributed by atoms with Gasteiger partial charge < -0.3 is 19.3 Å². The molecule has 1 heterocycles. The standard InChI is InChI=1S/C14H17NO5/c1-3-5-15-13(14(17)18-4-2)9-6-11-12(7-10(9)16)20-8-19-11/h3,6-7,13,15-16H,1,4-5,8H2,2H3. The van der Waals surface area contributed by atoms with E-state index >= 15 is 0 Å². The SMILES string of the molecule is C=CCNC(C(=O)OCC)c1cc2c(cc1O)OCO2. The van der Waals surface area contributed by atoms with Crippen LogP contribution < -0.4 is 14.8 Å². The lowest BCUT2D eigenvalue weighted by Gasteiger charge is -2.18. The van der Waals surface area contributed by atoms with E-state index < -0.39 is 12.0 Å². The van der Waals surface area contributed by atoms with Crippen molar-refractivity contribution in [2.24, 2.45) is 0 Å². The van der Waals surface area contributed by atoms with Gasteiger partial charge in [0.25, 0.3) is 0 Å². The van der Waals surface area contributed by atoms with Crippen molar-refractivity contribution in [3.63, 3.8) is 0 Å². The highest BCUT2D eigenvalue weighted by molar-refractivity contribution is 5.79. The van der Waals surface area contributed by atoms with Gasteiger partial charge >= 0.3 is 5.97 Å². The Hall–Kier alpha value is -2.21. The lowest BCUT2D eigenvalue weighted by Crippen LogP contribution is -2.30. The van der Waals surface area contributed by atoms with E-state index in [1.165, 1.54) is 6.07 Å². The zero-order valence-corrected chi connectivity index (χ0v) is 11.2. The maximum absolute atomic E-state index is 12.0. The van der Waals surface area contributed by atoms with Crippen molar-refractivity contribution in [2.45, 2.75) is 13.0 Å². The maximum Gasteiger partial charge on any atom is 0.327 e. The Morgan fingerprint density at radius 1 is 1.55 bits per heavy atom. The summed E-state index contributed by atoms with van der Waals surface area (Å²) in [6.45, 7) is 6.07. The zero-order chi connectivity index (χ0) is 14.5. The van der Waals surface area contributed by atoms with Crippen LogP contribution in [0.5, 0.6) is 17.2 Å². The summed E-state index contributed by atoms with van der Waals surface area (Å²) in [6.07, 6.45) is 1.62. The van der Waals surface area contributed by atoms with Gasteiger partial charge in [0.1, 0.15) is 11.8 Å². The molecule has 20 heavy (non-hydrogen) atoms. The molecule has 1 unspecified atom stereocenters. The predicted molar refractivity (Wildman–Crippen MR) is 71.8 cm³/mol. The van der Waals surface area contributed by atoms with Crippen LogP contribution in [0.25, 0.3) is 0 Å². The molecule has 6 heteroatoms. The summed E-state index contributed by atoms with van der Waals surface area (Å²) >= 11 is 0. The molecular weight excluding hydrogens is 262 g/mol. The molecule has 0 aromatic heterocycles. The Bertz CT molecular complexity index is 515. The molecule has 1 aliphatic rings. The van der Waals surface area contributed by atoms with E-state index in [1.54, 1.807) is 19.1 Å². The van der Waals surface area contributed by atoms with E-state index in [4.69, 9.17) is 14.2 Å². The first-order chi connectivity index (χ1) is 9.67. The molecule has 0 saturated carbocycles. The summed E-state index contributed by atoms with van der Waals surface area (Å²) in [4.78, 5) is 12.0. The van der Waals surface area contributed by atoms with E-state index in [0.717, 1.165) is 0 Å². The highest BCUT2D eigenvalue weighted by Crippen LogP contribution is 2.40. The normalized spacial score (nSPS) is 13.8. The monoisotopic (exact) mass is 279 g/mol. The lowest BCUT2D eigenvalue weighted by atomic mass is 10.0. The zero-order valence-electron chi connectivity index (χ0n) is 11.2. The van der Waals surface area contributed by atoms with Crippen LogP contribution in [0, 0.1) is 0 Å². The van der Waals surface area contributed by atoms with Gasteiger partial charge in [-0.15, -0.1) is 6.58 Å². The first-order valence-corrected chi connectivity index (χ1v) is 6.30. The number of carbonyl (C=O) groups excluding carboxylic acids is 1. The minimum absolute atomic E-state index is 0.0520. The Morgan fingerprint density at radius 3 is 2.90 bits per heavy atom. The molecule has 1 aliphatic heterocycles. The number of hydrogen-bond acceptors (Lipinski definition) is 6. The molecule has 108 valence electrons. The lowest BCUT2D eigenvalue weighted by molar-refractivity contribution is -0.145. The van der Waals surface area contributed by atoms with Crippen LogP contribution in [-0.4, -0.2) is 31.0 Å². The fraction of sp³-hybridized carbons (Fsp3) is 0.357. The molecule has 1 aromatic rings. The first-order valence-electron chi connectivity index (χ1n) is 6.30. The number of benzene rings is 1. The summed E-state index contributed by atoms with van der Waals surface area (Å²) in [5, 5.41) is 13.0. The molecule has 2 rings (SSSR count). The van der Waals surface area contributed by atoms with Crippen LogP contribution in [-0.2, 0) is 9.53 Å². The van der Waals surface area contributed by atoms with Crippen molar-refractivity contribution in [1.29, 1.82) is 0 Å². The average Bonchev–Trinajstić information content (AvgIpc) is 2.86. The van der Waals surface area contributed by atoms with Crippen LogP contribution in [0.4, 0.5) is 0 Å². The van der Waals surface area contributed by atoms with Crippen LogP contribution in [0.1, 0.15) is 18.5 Å². The van der Waals surface area contributed by atoms with Crippen molar-refractivity contribution in [3.05, 3.63) is 30.4 Å². The average molecular weight is 279 g/mol. The Morgan fingerprint density at radius 2 is 2.25 bits per heavy atom. The number of nitrogens with one attached hydrogen (secondary N) is 1. The van der Waals surface area contributed by atoms with Gasteiger partial charge in [-0.1, -0.05) is 6.08 Å². The van der Waals surface area contributed by atoms with E-state index in [-0.39, 0.29) is 19.1 Å². The minimum atomic E-state index is -0.789. The second-order valence-corrected chi connectivity index (χ2v) is 4.15. The van der Waals surface area contributed by atoms with Gasteiger partial charge in [0.15, 0.2) is 11.5 Å². The van der Waals surface area contributed by atoms with Crippen molar-refractivity contribution in [1.82, 2.24) is 5.32 Å². The summed E-state index contributed by atoms with van der Waals surface area (Å²) < 4.78 is 15.4. The molecule has 0 aliphatic carbocycles. The number of esters is 1. The fourth-order valence-corrected chi connectivity index (χ4v) is 1.93. The smallest absolute Gasteiger partial charge is 0.327 e. The number of phenolic OH excluding ortho intramolecular Hbond substituents is 1. The molecule has 0 saturated heterocycles. The highest BCUT2D eigenvalue weighted by Gasteiger charge is 2.27. The molecule has 1 atom stereocenters. The third kappa shape index (κ3) is 2.85. The third-order valence-corrected chi connectivity index (χ3v) is 2.82. The van der Waals surface area contributed by atoms with Gasteiger partial charge in [-0.2, -0.15) is 0 Å². The second-order valence-electron chi connectivity index (χ2n) is 4.15. The van der Waals surface area contributed by atoms with Crippen LogP contribution in [0.15, 0.2) is 24.8 Å². The minimum Gasteiger partial charge on any atom is -0.507 e. The fourth-order valence-electron chi connectivity index (χ4n) is 1.93. The van der Waals surface area contributed by atoms with Gasteiger partial charge in [-0.3, -0.25) is 5.32 Å². The Labute approximate surface area is 117 Å². The highest BCUT2D eigenvalue weighted by atomic mass is 16.7. The molecule has 1 aromatic carbocycles. The molecule has 0 spiro atoms. The molecular formula is C14H17NO5. The topological polar surface area (TPSA) is 77.0 Å². The molecule has 0 fully saturated rings. The third-order valence-electron chi connectivity index (χ3n) is 2.82. The van der Waals surface area contributed by atoms with Gasteiger partial charge in [-0.25, -0.2) is 4.79 Å². The summed E-state index contributed by atoms with van der Waals surface area (Å²) in [7, 11) is 0. The number of rotatable bonds is 6. The van der Waals surface area contributed by atoms with Crippen molar-refractivity contribution in [2.75, 3.05) is 19.9 Å². The summed E-state index contributed by atoms with van der Waals surface area (Å²) in [5.41, 5.74) is 0.384. The number of phenols is 1. The van der Waals surface area contributed by atoms with Crippen LogP contribution in [0.3, 0.4) is 0 Å². The molecule has 0 radical (unpaired) electrons. The van der Waals surface area contributed by atoms with Gasteiger partial charge in [0.05, 0.1) is 6.61 Å². The largest absolute Gasteiger partial charge is 0.507 e. The van der Waals surface area contributed by atoms with Crippen molar-refractivity contribution in [3.8, 4) is 17.2 Å². The Balaban J connectivity index is 2.32. The number of fused-ring (bicyclic) bond motifs is 1. The molecule has 0 amide bonds.